The average molecular weight is 189 g/mol. The smallest absolute Gasteiger partial charge is 0.0143 e. The lowest BCUT2D eigenvalue weighted by molar-refractivity contribution is 0.704. The van der Waals surface area contributed by atoms with Gasteiger partial charge in [0.05, 0.1) is 0 Å². The molecule has 0 aromatic rings. The zero-order valence-electron chi connectivity index (χ0n) is 5.86. The molecule has 0 rings (SSSR count). The molecule has 0 saturated heterocycles. The Morgan fingerprint density at radius 1 is 1.67 bits per heavy atom. The van der Waals surface area contributed by atoms with Gasteiger partial charge in [-0.05, 0) is 19.3 Å². The van der Waals surface area contributed by atoms with Gasteiger partial charge in [0.25, 0.3) is 0 Å². The van der Waals surface area contributed by atoms with E-state index in [1.165, 1.54) is 12.8 Å². The summed E-state index contributed by atoms with van der Waals surface area (Å²) < 4.78 is 0. The number of hydrogen-bond acceptors (Lipinski definition) is 0. The van der Waals surface area contributed by atoms with Gasteiger partial charge in [-0.15, -0.1) is 12.3 Å². The molecule has 1 heteroatoms. The molecular formula is C8H13Br. The van der Waals surface area contributed by atoms with Gasteiger partial charge in [-0.1, -0.05) is 22.9 Å². The van der Waals surface area contributed by atoms with E-state index in [1.54, 1.807) is 0 Å². The zero-order chi connectivity index (χ0) is 7.11. The first-order chi connectivity index (χ1) is 4.31. The molecule has 0 N–H and O–H groups in total. The molecule has 52 valence electrons. The number of halogens is 1. The van der Waals surface area contributed by atoms with Crippen LogP contribution < -0.4 is 0 Å². The van der Waals surface area contributed by atoms with Gasteiger partial charge >= 0.3 is 0 Å². The van der Waals surface area contributed by atoms with Gasteiger partial charge in [-0.25, -0.2) is 0 Å². The first kappa shape index (κ1) is 9.04. The van der Waals surface area contributed by atoms with Crippen molar-refractivity contribution in [3.63, 3.8) is 0 Å². The fourth-order valence-corrected chi connectivity index (χ4v) is 0.953. The minimum atomic E-state index is 0.672. The van der Waals surface area contributed by atoms with Crippen LogP contribution in [-0.2, 0) is 0 Å². The molecule has 9 heavy (non-hydrogen) atoms. The molecule has 0 aromatic heterocycles. The summed E-state index contributed by atoms with van der Waals surface area (Å²) in [6.45, 7) is 2.18. The van der Waals surface area contributed by atoms with Gasteiger partial charge < -0.3 is 0 Å². The lowest BCUT2D eigenvalue weighted by Crippen LogP contribution is -1.93. The zero-order valence-corrected chi connectivity index (χ0v) is 7.45. The molecule has 0 saturated carbocycles. The summed E-state index contributed by atoms with van der Waals surface area (Å²) >= 11 is 3.54. The third-order valence-corrected chi connectivity index (χ3v) is 2.39. The van der Waals surface area contributed by atoms with E-state index in [2.05, 4.69) is 28.8 Å². The monoisotopic (exact) mass is 188 g/mol. The molecular weight excluding hydrogens is 176 g/mol. The van der Waals surface area contributed by atoms with Gasteiger partial charge in [0.2, 0.25) is 0 Å². The molecule has 0 nitrogen and oxygen atoms in total. The van der Waals surface area contributed by atoms with E-state index in [1.807, 2.05) is 0 Å². The Hall–Kier alpha value is 0.0400. The fourth-order valence-electron chi connectivity index (χ4n) is 0.630. The number of terminal acetylenes is 1. The lowest BCUT2D eigenvalue weighted by atomic mass is 10.2. The summed E-state index contributed by atoms with van der Waals surface area (Å²) in [4.78, 5) is 0.672. The van der Waals surface area contributed by atoms with Crippen LogP contribution in [0.2, 0.25) is 0 Å². The predicted molar refractivity (Wildman–Crippen MR) is 45.7 cm³/mol. The first-order valence-electron chi connectivity index (χ1n) is 3.38. The highest BCUT2D eigenvalue weighted by Crippen LogP contribution is 2.12. The average Bonchev–Trinajstić information content (AvgIpc) is 1.89. The van der Waals surface area contributed by atoms with Gasteiger partial charge in [-0.2, -0.15) is 0 Å². The first-order valence-corrected chi connectivity index (χ1v) is 4.30. The minimum absolute atomic E-state index is 0.672. The topological polar surface area (TPSA) is 0 Å². The number of alkyl halides is 1. The van der Waals surface area contributed by atoms with Crippen molar-refractivity contribution < 1.29 is 0 Å². The third-order valence-electron chi connectivity index (χ3n) is 1.28. The summed E-state index contributed by atoms with van der Waals surface area (Å²) in [7, 11) is 0. The maximum atomic E-state index is 5.09. The molecule has 0 aromatic carbocycles. The van der Waals surface area contributed by atoms with E-state index >= 15 is 0 Å². The summed E-state index contributed by atoms with van der Waals surface area (Å²) in [6, 6.07) is 0. The summed E-state index contributed by atoms with van der Waals surface area (Å²) in [5.74, 6) is 2.63. The molecule has 1 unspecified atom stereocenters. The standard InChI is InChI=1S/C8H13Br/c1-3-5-6-7-8(9)4-2/h1,8H,4-7H2,2H3. The Kier molecular flexibility index (Phi) is 6.19. The molecule has 0 radical (unpaired) electrons. The molecule has 0 fully saturated rings. The van der Waals surface area contributed by atoms with E-state index < -0.39 is 0 Å². The van der Waals surface area contributed by atoms with E-state index in [9.17, 15) is 0 Å². The van der Waals surface area contributed by atoms with Gasteiger partial charge in [0, 0.05) is 11.2 Å². The van der Waals surface area contributed by atoms with Crippen molar-refractivity contribution in [2.75, 3.05) is 0 Å². The molecule has 0 aliphatic carbocycles. The molecule has 1 atom stereocenters. The molecule has 0 spiro atoms. The van der Waals surface area contributed by atoms with Gasteiger partial charge in [0.15, 0.2) is 0 Å². The van der Waals surface area contributed by atoms with Crippen LogP contribution in [0.15, 0.2) is 0 Å². The third kappa shape index (κ3) is 5.92. The second-order valence-electron chi connectivity index (χ2n) is 2.10. The second-order valence-corrected chi connectivity index (χ2v) is 3.40. The highest BCUT2D eigenvalue weighted by atomic mass is 79.9. The van der Waals surface area contributed by atoms with Gasteiger partial charge in [0.1, 0.15) is 0 Å². The van der Waals surface area contributed by atoms with Gasteiger partial charge in [-0.3, -0.25) is 0 Å². The van der Waals surface area contributed by atoms with Crippen LogP contribution in [0.4, 0.5) is 0 Å². The van der Waals surface area contributed by atoms with Crippen LogP contribution in [0.3, 0.4) is 0 Å². The number of hydrogen-bond donors (Lipinski definition) is 0. The predicted octanol–water partition coefficient (Wildman–Crippen LogP) is 2.96. The van der Waals surface area contributed by atoms with Crippen molar-refractivity contribution in [3.8, 4) is 12.3 Å². The van der Waals surface area contributed by atoms with Crippen molar-refractivity contribution >= 4 is 15.9 Å². The van der Waals surface area contributed by atoms with E-state index in [-0.39, 0.29) is 0 Å². The number of unbranched alkanes of at least 4 members (excludes halogenated alkanes) is 1. The quantitative estimate of drug-likeness (QED) is 0.362. The Balaban J connectivity index is 2.99. The van der Waals surface area contributed by atoms with Crippen LogP contribution in [0.1, 0.15) is 32.6 Å². The molecule has 0 bridgehead atoms. The summed E-state index contributed by atoms with van der Waals surface area (Å²) in [5.41, 5.74) is 0. The summed E-state index contributed by atoms with van der Waals surface area (Å²) in [6.07, 6.45) is 9.57. The normalized spacial score (nSPS) is 12.6. The minimum Gasteiger partial charge on any atom is -0.120 e. The molecule has 0 aliphatic rings. The Morgan fingerprint density at radius 3 is 2.78 bits per heavy atom. The number of rotatable bonds is 4. The molecule has 0 aliphatic heterocycles. The summed E-state index contributed by atoms with van der Waals surface area (Å²) in [5, 5.41) is 0. The van der Waals surface area contributed by atoms with Crippen molar-refractivity contribution in [2.45, 2.75) is 37.4 Å². The van der Waals surface area contributed by atoms with Crippen LogP contribution >= 0.6 is 15.9 Å². The Labute approximate surface area is 66.2 Å². The Bertz CT molecular complexity index is 91.2. The molecule has 0 amide bonds. The highest BCUT2D eigenvalue weighted by molar-refractivity contribution is 9.09. The largest absolute Gasteiger partial charge is 0.120 e. The highest BCUT2D eigenvalue weighted by Gasteiger charge is 1.97. The van der Waals surface area contributed by atoms with Crippen LogP contribution in [0, 0.1) is 12.3 Å². The van der Waals surface area contributed by atoms with Crippen molar-refractivity contribution in [1.29, 1.82) is 0 Å². The van der Waals surface area contributed by atoms with Crippen LogP contribution in [0.25, 0.3) is 0 Å². The second kappa shape index (κ2) is 6.16. The van der Waals surface area contributed by atoms with E-state index in [0.29, 0.717) is 4.83 Å². The molecule has 0 heterocycles. The van der Waals surface area contributed by atoms with Crippen LogP contribution in [-0.4, -0.2) is 4.83 Å². The van der Waals surface area contributed by atoms with Crippen molar-refractivity contribution in [2.24, 2.45) is 0 Å². The maximum absolute atomic E-state index is 5.09. The van der Waals surface area contributed by atoms with E-state index in [4.69, 9.17) is 6.42 Å². The Morgan fingerprint density at radius 2 is 2.33 bits per heavy atom. The van der Waals surface area contributed by atoms with Crippen molar-refractivity contribution in [3.05, 3.63) is 0 Å². The maximum Gasteiger partial charge on any atom is 0.0143 e. The van der Waals surface area contributed by atoms with E-state index in [0.717, 1.165) is 12.8 Å². The lowest BCUT2D eigenvalue weighted by Gasteiger charge is -2.02. The van der Waals surface area contributed by atoms with Crippen LogP contribution in [0.5, 0.6) is 0 Å². The van der Waals surface area contributed by atoms with Crippen molar-refractivity contribution in [1.82, 2.24) is 0 Å². The SMILES string of the molecule is C#CCCCC(Br)CC. The fraction of sp³-hybridized carbons (Fsp3) is 0.750.